The van der Waals surface area contributed by atoms with Crippen LogP contribution in [0.3, 0.4) is 0 Å². The van der Waals surface area contributed by atoms with Crippen molar-refractivity contribution in [1.29, 1.82) is 0 Å². The lowest BCUT2D eigenvalue weighted by atomic mass is 10.1. The first-order chi connectivity index (χ1) is 9.75. The van der Waals surface area contributed by atoms with E-state index in [2.05, 4.69) is 30.9 Å². The largest absolute Gasteiger partial charge is 0.467 e. The molecule has 0 spiro atoms. The fraction of sp³-hybridized carbons (Fsp3) is 0.692. The SMILES string of the molecule is CCNc1nc(NC(C)C(=O)NC(C)(C)C)nc(OC)n1. The lowest BCUT2D eigenvalue weighted by Crippen LogP contribution is -2.47. The highest BCUT2D eigenvalue weighted by atomic mass is 16.5. The van der Waals surface area contributed by atoms with Crippen LogP contribution in [0, 0.1) is 0 Å². The minimum Gasteiger partial charge on any atom is -0.467 e. The Bertz CT molecular complexity index is 486. The Labute approximate surface area is 125 Å². The maximum atomic E-state index is 12.0. The van der Waals surface area contributed by atoms with Gasteiger partial charge in [-0.05, 0) is 34.6 Å². The molecule has 1 atom stereocenters. The van der Waals surface area contributed by atoms with Crippen LogP contribution in [0.1, 0.15) is 34.6 Å². The molecule has 118 valence electrons. The molecule has 0 aliphatic rings. The zero-order valence-electron chi connectivity index (χ0n) is 13.4. The topological polar surface area (TPSA) is 101 Å². The first-order valence-corrected chi connectivity index (χ1v) is 6.87. The number of nitrogens with zero attached hydrogens (tertiary/aromatic N) is 3. The van der Waals surface area contributed by atoms with Crippen molar-refractivity contribution in [2.24, 2.45) is 0 Å². The first-order valence-electron chi connectivity index (χ1n) is 6.87. The first kappa shape index (κ1) is 16.9. The molecule has 1 amide bonds. The van der Waals surface area contributed by atoms with E-state index in [1.807, 2.05) is 27.7 Å². The van der Waals surface area contributed by atoms with Crippen LogP contribution in [0.15, 0.2) is 0 Å². The smallest absolute Gasteiger partial charge is 0.322 e. The number of hydrogen-bond donors (Lipinski definition) is 3. The molecule has 1 unspecified atom stereocenters. The Kier molecular flexibility index (Phi) is 5.69. The second kappa shape index (κ2) is 7.05. The predicted molar refractivity (Wildman–Crippen MR) is 81.5 cm³/mol. The van der Waals surface area contributed by atoms with E-state index >= 15 is 0 Å². The standard InChI is InChI=1S/C13H24N6O2/c1-7-14-10-16-11(18-12(17-10)21-6)15-8(2)9(20)19-13(3,4)5/h8H,7H2,1-6H3,(H,19,20)(H2,14,15,16,17,18). The maximum Gasteiger partial charge on any atom is 0.322 e. The van der Waals surface area contributed by atoms with E-state index in [-0.39, 0.29) is 23.4 Å². The molecule has 3 N–H and O–H groups in total. The van der Waals surface area contributed by atoms with Crippen molar-refractivity contribution >= 4 is 17.8 Å². The summed E-state index contributed by atoms with van der Waals surface area (Å²) in [5.74, 6) is 0.552. The van der Waals surface area contributed by atoms with Crippen molar-refractivity contribution in [1.82, 2.24) is 20.3 Å². The number of carbonyl (C=O) groups is 1. The Morgan fingerprint density at radius 1 is 1.24 bits per heavy atom. The van der Waals surface area contributed by atoms with E-state index in [1.54, 1.807) is 6.92 Å². The molecular formula is C13H24N6O2. The highest BCUT2D eigenvalue weighted by molar-refractivity contribution is 5.84. The molecule has 8 nitrogen and oxygen atoms in total. The molecule has 1 heterocycles. The maximum absolute atomic E-state index is 12.0. The van der Waals surface area contributed by atoms with Crippen LogP contribution in [-0.4, -0.2) is 46.1 Å². The lowest BCUT2D eigenvalue weighted by molar-refractivity contribution is -0.122. The van der Waals surface area contributed by atoms with Gasteiger partial charge in [0.1, 0.15) is 6.04 Å². The van der Waals surface area contributed by atoms with Crippen molar-refractivity contribution in [3.05, 3.63) is 0 Å². The quantitative estimate of drug-likeness (QED) is 0.720. The summed E-state index contributed by atoms with van der Waals surface area (Å²) in [6.07, 6.45) is 0. The molecule has 0 saturated heterocycles. The molecule has 8 heteroatoms. The fourth-order valence-electron chi connectivity index (χ4n) is 1.49. The van der Waals surface area contributed by atoms with Gasteiger partial charge in [-0.1, -0.05) is 0 Å². The van der Waals surface area contributed by atoms with Crippen LogP contribution >= 0.6 is 0 Å². The van der Waals surface area contributed by atoms with Crippen molar-refractivity contribution in [3.8, 4) is 6.01 Å². The predicted octanol–water partition coefficient (Wildman–Crippen LogP) is 1.03. The highest BCUT2D eigenvalue weighted by Gasteiger charge is 2.20. The average Bonchev–Trinajstić information content (AvgIpc) is 2.36. The zero-order chi connectivity index (χ0) is 16.0. The number of amides is 1. The van der Waals surface area contributed by atoms with Gasteiger partial charge in [0.05, 0.1) is 7.11 Å². The van der Waals surface area contributed by atoms with Crippen LogP contribution in [0.2, 0.25) is 0 Å². The van der Waals surface area contributed by atoms with E-state index in [0.29, 0.717) is 12.5 Å². The van der Waals surface area contributed by atoms with E-state index in [4.69, 9.17) is 4.74 Å². The van der Waals surface area contributed by atoms with Crippen LogP contribution in [0.25, 0.3) is 0 Å². The minimum absolute atomic E-state index is 0.133. The number of nitrogens with one attached hydrogen (secondary N) is 3. The van der Waals surface area contributed by atoms with Gasteiger partial charge in [-0.2, -0.15) is 15.0 Å². The summed E-state index contributed by atoms with van der Waals surface area (Å²) in [6.45, 7) is 10.1. The molecule has 0 bridgehead atoms. The van der Waals surface area contributed by atoms with Crippen molar-refractivity contribution < 1.29 is 9.53 Å². The monoisotopic (exact) mass is 296 g/mol. The molecule has 0 saturated carbocycles. The summed E-state index contributed by atoms with van der Waals surface area (Å²) in [6, 6.07) is -0.294. The second-order valence-corrected chi connectivity index (χ2v) is 5.60. The van der Waals surface area contributed by atoms with E-state index in [0.717, 1.165) is 0 Å². The minimum atomic E-state index is -0.481. The number of anilines is 2. The number of rotatable bonds is 6. The van der Waals surface area contributed by atoms with E-state index in [9.17, 15) is 4.79 Å². The molecule has 1 aromatic rings. The Morgan fingerprint density at radius 3 is 2.38 bits per heavy atom. The molecule has 1 rings (SSSR count). The second-order valence-electron chi connectivity index (χ2n) is 5.60. The van der Waals surface area contributed by atoms with E-state index in [1.165, 1.54) is 7.11 Å². The van der Waals surface area contributed by atoms with Gasteiger partial charge < -0.3 is 20.7 Å². The van der Waals surface area contributed by atoms with Gasteiger partial charge in [-0.3, -0.25) is 4.79 Å². The van der Waals surface area contributed by atoms with Gasteiger partial charge in [0, 0.05) is 12.1 Å². The van der Waals surface area contributed by atoms with Crippen LogP contribution < -0.4 is 20.7 Å². The Balaban J connectivity index is 2.81. The van der Waals surface area contributed by atoms with Crippen LogP contribution in [0.5, 0.6) is 6.01 Å². The van der Waals surface area contributed by atoms with E-state index < -0.39 is 6.04 Å². The third-order valence-corrected chi connectivity index (χ3v) is 2.37. The molecule has 0 fully saturated rings. The number of hydrogen-bond acceptors (Lipinski definition) is 7. The third kappa shape index (κ3) is 5.80. The molecule has 0 aromatic carbocycles. The summed E-state index contributed by atoms with van der Waals surface area (Å²) in [7, 11) is 1.48. The molecular weight excluding hydrogens is 272 g/mol. The summed E-state index contributed by atoms with van der Waals surface area (Å²) >= 11 is 0. The summed E-state index contributed by atoms with van der Waals surface area (Å²) in [5, 5.41) is 8.81. The number of ether oxygens (including phenoxy) is 1. The Hall–Kier alpha value is -2.12. The molecule has 21 heavy (non-hydrogen) atoms. The van der Waals surface area contributed by atoms with Gasteiger partial charge in [0.25, 0.3) is 0 Å². The molecule has 0 aliphatic heterocycles. The van der Waals surface area contributed by atoms with Gasteiger partial charge in [0.2, 0.25) is 17.8 Å². The molecule has 0 radical (unpaired) electrons. The van der Waals surface area contributed by atoms with Gasteiger partial charge >= 0.3 is 6.01 Å². The number of methoxy groups -OCH3 is 1. The van der Waals surface area contributed by atoms with Crippen LogP contribution in [-0.2, 0) is 4.79 Å². The average molecular weight is 296 g/mol. The summed E-state index contributed by atoms with van der Waals surface area (Å²) < 4.78 is 5.02. The van der Waals surface area contributed by atoms with Gasteiger partial charge in [-0.25, -0.2) is 0 Å². The number of aromatic nitrogens is 3. The summed E-state index contributed by atoms with van der Waals surface area (Å²) in [5.41, 5.74) is -0.293. The van der Waals surface area contributed by atoms with Crippen molar-refractivity contribution in [2.75, 3.05) is 24.3 Å². The van der Waals surface area contributed by atoms with Crippen LogP contribution in [0.4, 0.5) is 11.9 Å². The fourth-order valence-corrected chi connectivity index (χ4v) is 1.49. The Morgan fingerprint density at radius 2 is 1.86 bits per heavy atom. The zero-order valence-corrected chi connectivity index (χ0v) is 13.4. The summed E-state index contributed by atoms with van der Waals surface area (Å²) in [4.78, 5) is 24.4. The molecule has 0 aliphatic carbocycles. The van der Waals surface area contributed by atoms with Crippen molar-refractivity contribution in [3.63, 3.8) is 0 Å². The third-order valence-electron chi connectivity index (χ3n) is 2.37. The van der Waals surface area contributed by atoms with Crippen molar-refractivity contribution in [2.45, 2.75) is 46.2 Å². The van der Waals surface area contributed by atoms with Gasteiger partial charge in [0.15, 0.2) is 0 Å². The normalized spacial score (nSPS) is 12.5. The van der Waals surface area contributed by atoms with Gasteiger partial charge in [-0.15, -0.1) is 0 Å². The lowest BCUT2D eigenvalue weighted by Gasteiger charge is -2.23. The number of carbonyl (C=O) groups excluding carboxylic acids is 1. The highest BCUT2D eigenvalue weighted by Crippen LogP contribution is 2.11. The molecule has 1 aromatic heterocycles.